The summed E-state index contributed by atoms with van der Waals surface area (Å²) in [6.45, 7) is 6.91. The van der Waals surface area contributed by atoms with Gasteiger partial charge >= 0.3 is 5.69 Å². The van der Waals surface area contributed by atoms with Crippen molar-refractivity contribution in [1.29, 1.82) is 0 Å². The number of anilines is 1. The molecule has 0 bridgehead atoms. The highest BCUT2D eigenvalue weighted by atomic mass is 16.5. The Morgan fingerprint density at radius 3 is 2.56 bits per heavy atom. The quantitative estimate of drug-likeness (QED) is 0.746. The van der Waals surface area contributed by atoms with E-state index in [1.54, 1.807) is 7.11 Å². The molecule has 0 saturated carbocycles. The first-order valence-corrected chi connectivity index (χ1v) is 8.29. The molecule has 0 aliphatic carbocycles. The third-order valence-electron chi connectivity index (χ3n) is 4.53. The van der Waals surface area contributed by atoms with Crippen LogP contribution < -0.4 is 15.7 Å². The number of H-pyrrole nitrogens is 1. The Balaban J connectivity index is 2.02. The molecule has 0 saturated heterocycles. The van der Waals surface area contributed by atoms with Gasteiger partial charge in [0.1, 0.15) is 11.6 Å². The van der Waals surface area contributed by atoms with E-state index in [2.05, 4.69) is 41.3 Å². The number of rotatable bonds is 5. The maximum atomic E-state index is 12.0. The number of nitrogens with zero attached hydrogens (tertiary/aromatic N) is 1. The Hall–Kier alpha value is -2.82. The van der Waals surface area contributed by atoms with Crippen LogP contribution in [0.5, 0.6) is 5.75 Å². The molecule has 0 unspecified atom stereocenters. The molecule has 5 heteroatoms. The van der Waals surface area contributed by atoms with Gasteiger partial charge in [-0.05, 0) is 24.1 Å². The maximum absolute atomic E-state index is 12.0. The minimum atomic E-state index is -0.371. The first-order chi connectivity index (χ1) is 11.9. The van der Waals surface area contributed by atoms with Crippen LogP contribution in [0.25, 0.3) is 10.9 Å². The van der Waals surface area contributed by atoms with Crippen LogP contribution in [0, 0.1) is 6.92 Å². The second-order valence-electron chi connectivity index (χ2n) is 6.83. The second-order valence-corrected chi connectivity index (χ2v) is 6.83. The molecule has 5 nitrogen and oxygen atoms in total. The van der Waals surface area contributed by atoms with Gasteiger partial charge in [-0.25, -0.2) is 4.79 Å². The zero-order valence-corrected chi connectivity index (χ0v) is 15.0. The molecule has 0 spiro atoms. The summed E-state index contributed by atoms with van der Waals surface area (Å²) in [5.74, 6) is 1.23. The summed E-state index contributed by atoms with van der Waals surface area (Å²) in [6, 6.07) is 14.1. The molecule has 0 radical (unpaired) electrons. The van der Waals surface area contributed by atoms with Gasteiger partial charge in [0.05, 0.1) is 18.0 Å². The fourth-order valence-electron chi connectivity index (χ4n) is 2.97. The van der Waals surface area contributed by atoms with E-state index in [-0.39, 0.29) is 11.1 Å². The van der Waals surface area contributed by atoms with Crippen LogP contribution in [0.4, 0.5) is 5.82 Å². The van der Waals surface area contributed by atoms with Gasteiger partial charge in [0, 0.05) is 12.0 Å². The van der Waals surface area contributed by atoms with E-state index >= 15 is 0 Å². The average Bonchev–Trinajstić information content (AvgIpc) is 2.61. The number of fused-ring (bicyclic) bond motifs is 1. The lowest BCUT2D eigenvalue weighted by molar-refractivity contribution is 0.419. The summed E-state index contributed by atoms with van der Waals surface area (Å²) < 4.78 is 5.48. The molecule has 1 aromatic heterocycles. The van der Waals surface area contributed by atoms with Gasteiger partial charge in [-0.3, -0.25) is 0 Å². The van der Waals surface area contributed by atoms with E-state index in [1.165, 1.54) is 5.56 Å². The molecule has 0 aliphatic heterocycles. The van der Waals surface area contributed by atoms with Gasteiger partial charge in [0.2, 0.25) is 0 Å². The molecule has 0 amide bonds. The van der Waals surface area contributed by atoms with Crippen molar-refractivity contribution in [2.75, 3.05) is 19.0 Å². The van der Waals surface area contributed by atoms with Crippen LogP contribution in [0.3, 0.4) is 0 Å². The highest BCUT2D eigenvalue weighted by Crippen LogP contribution is 2.32. The van der Waals surface area contributed by atoms with Crippen molar-refractivity contribution >= 4 is 16.7 Å². The number of ether oxygens (including phenoxy) is 1. The summed E-state index contributed by atoms with van der Waals surface area (Å²) in [6.07, 6.45) is 0. The lowest BCUT2D eigenvalue weighted by Crippen LogP contribution is -2.29. The van der Waals surface area contributed by atoms with Crippen LogP contribution in [0.15, 0.2) is 47.3 Å². The Labute approximate surface area is 147 Å². The molecule has 0 atom stereocenters. The highest BCUT2D eigenvalue weighted by Gasteiger charge is 2.21. The molecule has 2 N–H and O–H groups in total. The Bertz CT molecular complexity index is 946. The van der Waals surface area contributed by atoms with Crippen molar-refractivity contribution in [3.05, 3.63) is 64.1 Å². The average molecular weight is 337 g/mol. The first kappa shape index (κ1) is 17.0. The largest absolute Gasteiger partial charge is 0.496 e. The molecule has 25 heavy (non-hydrogen) atoms. The minimum Gasteiger partial charge on any atom is -0.496 e. The molecule has 1 heterocycles. The number of nitrogens with one attached hydrogen (secondary N) is 2. The summed E-state index contributed by atoms with van der Waals surface area (Å²) in [4.78, 5) is 19.0. The summed E-state index contributed by atoms with van der Waals surface area (Å²) in [5, 5.41) is 4.16. The number of hydrogen-bond acceptors (Lipinski definition) is 4. The summed E-state index contributed by atoms with van der Waals surface area (Å²) in [7, 11) is 1.62. The standard InChI is InChI=1S/C20H23N3O2/c1-13-10-11-15(25-4)16-17(13)22-19(24)23-18(16)21-12-20(2,3)14-8-6-5-7-9-14/h5-11H,12H2,1-4H3,(H2,21,22,23,24). The smallest absolute Gasteiger partial charge is 0.347 e. The van der Waals surface area contributed by atoms with E-state index in [9.17, 15) is 4.79 Å². The third-order valence-corrected chi connectivity index (χ3v) is 4.53. The molecular formula is C20H23N3O2. The van der Waals surface area contributed by atoms with E-state index in [1.807, 2.05) is 37.3 Å². The number of aromatic amines is 1. The van der Waals surface area contributed by atoms with E-state index in [0.717, 1.165) is 16.5 Å². The van der Waals surface area contributed by atoms with Crippen LogP contribution in [-0.2, 0) is 5.41 Å². The number of methoxy groups -OCH3 is 1. The zero-order chi connectivity index (χ0) is 18.0. The fourth-order valence-corrected chi connectivity index (χ4v) is 2.97. The van der Waals surface area contributed by atoms with Crippen molar-refractivity contribution in [2.45, 2.75) is 26.2 Å². The highest BCUT2D eigenvalue weighted by molar-refractivity contribution is 5.96. The van der Waals surface area contributed by atoms with Crippen LogP contribution in [0.1, 0.15) is 25.0 Å². The van der Waals surface area contributed by atoms with E-state index < -0.39 is 0 Å². The van der Waals surface area contributed by atoms with Crippen molar-refractivity contribution in [3.63, 3.8) is 0 Å². The van der Waals surface area contributed by atoms with Crippen molar-refractivity contribution < 1.29 is 4.74 Å². The summed E-state index contributed by atoms with van der Waals surface area (Å²) >= 11 is 0. The molecule has 3 aromatic rings. The number of benzene rings is 2. The SMILES string of the molecule is COc1ccc(C)c2[nH]c(=O)nc(NCC(C)(C)c3ccccc3)c12. The van der Waals surface area contributed by atoms with Gasteiger partial charge in [-0.1, -0.05) is 50.2 Å². The predicted octanol–water partition coefficient (Wildman–Crippen LogP) is 3.63. The second kappa shape index (κ2) is 6.59. The van der Waals surface area contributed by atoms with Crippen molar-refractivity contribution in [3.8, 4) is 5.75 Å². The summed E-state index contributed by atoms with van der Waals surface area (Å²) in [5.41, 5.74) is 2.46. The molecule has 2 aromatic carbocycles. The lowest BCUT2D eigenvalue weighted by Gasteiger charge is -2.26. The van der Waals surface area contributed by atoms with Gasteiger partial charge < -0.3 is 15.0 Å². The molecule has 0 fully saturated rings. The zero-order valence-electron chi connectivity index (χ0n) is 15.0. The van der Waals surface area contributed by atoms with Crippen molar-refractivity contribution in [1.82, 2.24) is 9.97 Å². The van der Waals surface area contributed by atoms with Crippen LogP contribution in [-0.4, -0.2) is 23.6 Å². The first-order valence-electron chi connectivity index (χ1n) is 8.29. The van der Waals surface area contributed by atoms with Gasteiger partial charge in [-0.2, -0.15) is 4.98 Å². The van der Waals surface area contributed by atoms with Gasteiger partial charge in [-0.15, -0.1) is 0 Å². The number of aryl methyl sites for hydroxylation is 1. The molecular weight excluding hydrogens is 314 g/mol. The van der Waals surface area contributed by atoms with Crippen LogP contribution >= 0.6 is 0 Å². The molecule has 130 valence electrons. The van der Waals surface area contributed by atoms with Gasteiger partial charge in [0.15, 0.2) is 0 Å². The maximum Gasteiger partial charge on any atom is 0.347 e. The van der Waals surface area contributed by atoms with Gasteiger partial charge in [0.25, 0.3) is 0 Å². The Kier molecular flexibility index (Phi) is 4.49. The molecule has 0 aliphatic rings. The minimum absolute atomic E-state index is 0.116. The number of hydrogen-bond donors (Lipinski definition) is 2. The van der Waals surface area contributed by atoms with E-state index in [4.69, 9.17) is 4.74 Å². The Morgan fingerprint density at radius 1 is 1.16 bits per heavy atom. The van der Waals surface area contributed by atoms with Crippen molar-refractivity contribution in [2.24, 2.45) is 0 Å². The van der Waals surface area contributed by atoms with E-state index in [0.29, 0.717) is 18.1 Å². The fraction of sp³-hybridized carbons (Fsp3) is 0.300. The Morgan fingerprint density at radius 2 is 1.88 bits per heavy atom. The number of aromatic nitrogens is 2. The lowest BCUT2D eigenvalue weighted by atomic mass is 9.84. The monoisotopic (exact) mass is 337 g/mol. The topological polar surface area (TPSA) is 67.0 Å². The normalized spacial score (nSPS) is 11.5. The predicted molar refractivity (Wildman–Crippen MR) is 102 cm³/mol. The third kappa shape index (κ3) is 3.36. The van der Waals surface area contributed by atoms with Crippen LogP contribution in [0.2, 0.25) is 0 Å². The molecule has 3 rings (SSSR count).